The van der Waals surface area contributed by atoms with Gasteiger partial charge in [-0.1, -0.05) is 0 Å². The fraction of sp³-hybridized carbons (Fsp3) is 0.167. The third kappa shape index (κ3) is 3.85. The Balaban J connectivity index is 2.16. The summed E-state index contributed by atoms with van der Waals surface area (Å²) in [5.74, 6) is -1.43. The number of H-pyrrole nitrogens is 1. The van der Waals surface area contributed by atoms with Crippen LogP contribution < -0.4 is 4.74 Å². The van der Waals surface area contributed by atoms with Crippen LogP contribution in [0.5, 0.6) is 5.75 Å². The van der Waals surface area contributed by atoms with E-state index in [0.29, 0.717) is 11.2 Å². The first kappa shape index (κ1) is 19.8. The molecule has 0 radical (unpaired) electrons. The summed E-state index contributed by atoms with van der Waals surface area (Å²) in [6.07, 6.45) is 4.60. The summed E-state index contributed by atoms with van der Waals surface area (Å²) in [5, 5.41) is 7.89. The number of rotatable bonds is 6. The topological polar surface area (TPSA) is 61.8 Å². The second-order valence-electron chi connectivity index (χ2n) is 5.75. The van der Waals surface area contributed by atoms with E-state index in [1.165, 1.54) is 6.21 Å². The molecule has 140 valence electrons. The maximum atomic E-state index is 14.0. The van der Waals surface area contributed by atoms with E-state index in [1.54, 1.807) is 19.3 Å². The van der Waals surface area contributed by atoms with Crippen molar-refractivity contribution in [3.63, 3.8) is 0 Å². The first-order valence-electron chi connectivity index (χ1n) is 7.78. The molecule has 0 spiro atoms. The number of benzene rings is 1. The van der Waals surface area contributed by atoms with Gasteiger partial charge in [0.25, 0.3) is 0 Å². The third-order valence-corrected chi connectivity index (χ3v) is 5.84. The Morgan fingerprint density at radius 3 is 2.81 bits per heavy atom. The molecule has 0 saturated carbocycles. The molecule has 2 aromatic heterocycles. The SMILES string of the molecule is CC(c1c(OC(F)F)ccc(F)c1Cl)c1c[nH]c2ncc([C](=[W])C=N)cc12. The molecule has 2 heterocycles. The monoisotopic (exact) mass is 563 g/mol. The Kier molecular flexibility index (Phi) is 5.82. The van der Waals surface area contributed by atoms with Crippen LogP contribution in [-0.4, -0.2) is 26.7 Å². The van der Waals surface area contributed by atoms with Gasteiger partial charge in [0, 0.05) is 0 Å². The van der Waals surface area contributed by atoms with E-state index in [-0.39, 0.29) is 16.3 Å². The van der Waals surface area contributed by atoms with Crippen LogP contribution in [0, 0.1) is 11.2 Å². The van der Waals surface area contributed by atoms with E-state index < -0.39 is 18.3 Å². The Hall–Kier alpha value is -1.98. The Bertz CT molecular complexity index is 1040. The van der Waals surface area contributed by atoms with E-state index in [1.807, 2.05) is 6.07 Å². The van der Waals surface area contributed by atoms with Gasteiger partial charge in [-0.25, -0.2) is 0 Å². The van der Waals surface area contributed by atoms with Crippen molar-refractivity contribution in [2.45, 2.75) is 19.5 Å². The number of alkyl halides is 2. The molecule has 1 aromatic carbocycles. The molecule has 0 aliphatic carbocycles. The summed E-state index contributed by atoms with van der Waals surface area (Å²) in [6, 6.07) is 4.00. The summed E-state index contributed by atoms with van der Waals surface area (Å²) in [5.41, 5.74) is 2.23. The number of aromatic amines is 1. The molecule has 1 atom stereocenters. The first-order chi connectivity index (χ1) is 12.8. The van der Waals surface area contributed by atoms with E-state index in [4.69, 9.17) is 17.0 Å². The van der Waals surface area contributed by atoms with Gasteiger partial charge < -0.3 is 0 Å². The molecule has 2 N–H and O–H groups in total. The van der Waals surface area contributed by atoms with Gasteiger partial charge in [0.15, 0.2) is 0 Å². The van der Waals surface area contributed by atoms with Crippen molar-refractivity contribution in [2.75, 3.05) is 0 Å². The van der Waals surface area contributed by atoms with Crippen molar-refractivity contribution in [1.29, 1.82) is 5.41 Å². The number of hydrogen-bond donors (Lipinski definition) is 2. The summed E-state index contributed by atoms with van der Waals surface area (Å²) < 4.78 is 44.9. The average Bonchev–Trinajstić information content (AvgIpc) is 3.06. The number of pyridine rings is 1. The summed E-state index contributed by atoms with van der Waals surface area (Å²) in [7, 11) is 0. The van der Waals surface area contributed by atoms with Crippen LogP contribution in [0.25, 0.3) is 11.0 Å². The molecule has 0 bridgehead atoms. The molecular weight excluding hydrogens is 551 g/mol. The van der Waals surface area contributed by atoms with Gasteiger partial charge in [-0.05, 0) is 0 Å². The van der Waals surface area contributed by atoms with Gasteiger partial charge in [0.05, 0.1) is 0 Å². The van der Waals surface area contributed by atoms with Crippen molar-refractivity contribution in [1.82, 2.24) is 9.97 Å². The number of ether oxygens (including phenoxy) is 1. The number of aromatic nitrogens is 2. The van der Waals surface area contributed by atoms with Crippen molar-refractivity contribution >= 4 is 32.7 Å². The fourth-order valence-corrected chi connectivity index (χ4v) is 3.63. The van der Waals surface area contributed by atoms with Gasteiger partial charge in [0.1, 0.15) is 0 Å². The fourth-order valence-electron chi connectivity index (χ4n) is 2.91. The molecule has 27 heavy (non-hydrogen) atoms. The summed E-state index contributed by atoms with van der Waals surface area (Å²) in [4.78, 5) is 7.35. The van der Waals surface area contributed by atoms with Crippen LogP contribution in [0.2, 0.25) is 5.02 Å². The molecule has 0 fully saturated rings. The van der Waals surface area contributed by atoms with Crippen molar-refractivity contribution in [2.24, 2.45) is 0 Å². The predicted molar refractivity (Wildman–Crippen MR) is 94.5 cm³/mol. The van der Waals surface area contributed by atoms with Crippen LogP contribution in [-0.2, 0) is 19.4 Å². The van der Waals surface area contributed by atoms with E-state index in [2.05, 4.69) is 14.7 Å². The number of nitrogens with one attached hydrogen (secondary N) is 2. The number of halogens is 4. The minimum atomic E-state index is -3.05. The predicted octanol–water partition coefficient (Wildman–Crippen LogP) is 4.83. The molecule has 0 aliphatic rings. The van der Waals surface area contributed by atoms with Gasteiger partial charge in [-0.15, -0.1) is 0 Å². The number of hydrogen-bond acceptors (Lipinski definition) is 3. The molecule has 3 rings (SSSR count). The van der Waals surface area contributed by atoms with Gasteiger partial charge in [-0.3, -0.25) is 0 Å². The van der Waals surface area contributed by atoms with Crippen LogP contribution in [0.3, 0.4) is 0 Å². The first-order valence-corrected chi connectivity index (χ1v) is 9.62. The number of nitrogens with zero attached hydrogens (tertiary/aromatic N) is 1. The van der Waals surface area contributed by atoms with Crippen LogP contribution in [0.15, 0.2) is 30.6 Å². The maximum absolute atomic E-state index is 14.0. The zero-order valence-corrected chi connectivity index (χ0v) is 17.6. The van der Waals surface area contributed by atoms with Gasteiger partial charge in [0.2, 0.25) is 0 Å². The van der Waals surface area contributed by atoms with Crippen LogP contribution >= 0.6 is 11.6 Å². The van der Waals surface area contributed by atoms with E-state index >= 15 is 0 Å². The Morgan fingerprint density at radius 2 is 2.15 bits per heavy atom. The zero-order valence-electron chi connectivity index (χ0n) is 13.9. The number of fused-ring (bicyclic) bond motifs is 1. The Labute approximate surface area is 168 Å². The van der Waals surface area contributed by atoms with E-state index in [9.17, 15) is 13.2 Å². The standard InChI is InChI=1S/C18H13ClF3N3O.W/c1-9(15-14(26-18(21)22)3-2-13(20)16(15)19)12-8-25-17-11(12)6-10(4-5-23)7-24-17;/h2-3,5-9,18,23H,1H3,(H,24,25);. The molecule has 3 aromatic rings. The van der Waals surface area contributed by atoms with Crippen molar-refractivity contribution < 1.29 is 37.3 Å². The van der Waals surface area contributed by atoms with Crippen LogP contribution in [0.4, 0.5) is 13.2 Å². The zero-order chi connectivity index (χ0) is 19.7. The average molecular weight is 564 g/mol. The van der Waals surface area contributed by atoms with Crippen LogP contribution in [0.1, 0.15) is 29.5 Å². The second-order valence-corrected chi connectivity index (χ2v) is 7.70. The molecule has 0 aliphatic heterocycles. The van der Waals surface area contributed by atoms with Gasteiger partial charge in [-0.2, -0.15) is 0 Å². The third-order valence-electron chi connectivity index (χ3n) is 4.19. The Morgan fingerprint density at radius 1 is 1.41 bits per heavy atom. The molecule has 0 amide bonds. The minimum absolute atomic E-state index is 0.140. The quantitative estimate of drug-likeness (QED) is 0.423. The summed E-state index contributed by atoms with van der Waals surface area (Å²) in [6.45, 7) is -1.33. The van der Waals surface area contributed by atoms with Gasteiger partial charge >= 0.3 is 169 Å². The molecule has 9 heteroatoms. The second kappa shape index (κ2) is 7.95. The molecule has 0 saturated heterocycles. The summed E-state index contributed by atoms with van der Waals surface area (Å²) >= 11 is 7.21. The van der Waals surface area contributed by atoms with Crippen molar-refractivity contribution in [3.8, 4) is 5.75 Å². The van der Waals surface area contributed by atoms with Crippen molar-refractivity contribution in [3.05, 3.63) is 58.1 Å². The molecule has 4 nitrogen and oxygen atoms in total. The molecular formula is C18H13ClF3N3OW. The normalized spacial score (nSPS) is 12.4. The molecule has 1 unspecified atom stereocenters. The van der Waals surface area contributed by atoms with E-state index in [0.717, 1.165) is 46.3 Å².